The van der Waals surface area contributed by atoms with E-state index in [1.807, 2.05) is 45.0 Å². The van der Waals surface area contributed by atoms with E-state index in [9.17, 15) is 15.3 Å². The molecule has 1 N–H and O–H groups in total. The number of methoxy groups -OCH3 is 1. The first-order chi connectivity index (χ1) is 24.5. The van der Waals surface area contributed by atoms with E-state index in [4.69, 9.17) is 26.1 Å². The van der Waals surface area contributed by atoms with Crippen molar-refractivity contribution in [1.82, 2.24) is 29.4 Å². The second kappa shape index (κ2) is 13.8. The van der Waals surface area contributed by atoms with Crippen LogP contribution in [0.2, 0.25) is 5.02 Å². The summed E-state index contributed by atoms with van der Waals surface area (Å²) in [4.78, 5) is 30.5. The molecular formula is C36H40ClN11O3. The third-order valence-corrected chi connectivity index (χ3v) is 9.74. The molecule has 51 heavy (non-hydrogen) atoms. The molecule has 0 radical (unpaired) electrons. The zero-order chi connectivity index (χ0) is 35.9. The molecule has 14 nitrogen and oxygen atoms in total. The highest BCUT2D eigenvalue weighted by atomic mass is 35.5. The van der Waals surface area contributed by atoms with Gasteiger partial charge in [-0.2, -0.15) is 30.1 Å². The van der Waals surface area contributed by atoms with Crippen LogP contribution < -0.4 is 19.9 Å². The second-order valence-electron chi connectivity index (χ2n) is 14.1. The number of amides is 1. The second-order valence-corrected chi connectivity index (χ2v) is 14.5. The van der Waals surface area contributed by atoms with E-state index in [0.29, 0.717) is 66.2 Å². The zero-order valence-electron chi connectivity index (χ0n) is 29.1. The number of hydrogen-bond donors (Lipinski definition) is 1. The maximum Gasteiger partial charge on any atom is 0.410 e. The molecule has 2 aromatic heterocycles. The lowest BCUT2D eigenvalue weighted by molar-refractivity contribution is -0.0162. The summed E-state index contributed by atoms with van der Waals surface area (Å²) in [6.45, 7) is 10.4. The van der Waals surface area contributed by atoms with Crippen LogP contribution in [0.4, 0.5) is 28.1 Å². The van der Waals surface area contributed by atoms with Crippen LogP contribution in [0.3, 0.4) is 0 Å². The topological polar surface area (TPSA) is 151 Å². The Labute approximate surface area is 301 Å². The standard InChI is InChI=1S/C36H40ClN11O3/c1-36(2,3)51-35(49)46-21-27(22-46)44-11-13-45(14-12-44)30-16-24(17-38)15-29(31(30)37)41-33-42-32-25(18-39)19-40-48(32)34(43-33)47(26-7-8-26)20-23-5-9-28(50-4)10-6-23/h5-6,9-10,15-16,19,26-27H,7-8,11-14,20-22H2,1-4H3,(H,41,42). The van der Waals surface area contributed by atoms with Crippen molar-refractivity contribution in [2.45, 2.75) is 57.8 Å². The van der Waals surface area contributed by atoms with Gasteiger partial charge in [-0.1, -0.05) is 23.7 Å². The lowest BCUT2D eigenvalue weighted by Gasteiger charge is -2.48. The Morgan fingerprint density at radius 1 is 1.06 bits per heavy atom. The number of carbonyl (C=O) groups is 1. The Morgan fingerprint density at radius 2 is 1.78 bits per heavy atom. The Hall–Kier alpha value is -5.31. The van der Waals surface area contributed by atoms with E-state index in [2.05, 4.69) is 42.2 Å². The fraction of sp³-hybridized carbons (Fsp3) is 0.444. The lowest BCUT2D eigenvalue weighted by atomic mass is 10.1. The summed E-state index contributed by atoms with van der Waals surface area (Å²) in [5, 5.41) is 28.1. The molecule has 4 heterocycles. The van der Waals surface area contributed by atoms with Gasteiger partial charge < -0.3 is 29.5 Å². The molecule has 7 rings (SSSR count). The van der Waals surface area contributed by atoms with Crippen molar-refractivity contribution in [3.05, 3.63) is 64.3 Å². The Kier molecular flexibility index (Phi) is 9.23. The number of aromatic nitrogens is 4. The van der Waals surface area contributed by atoms with E-state index >= 15 is 0 Å². The lowest BCUT2D eigenvalue weighted by Crippen LogP contribution is -2.64. The fourth-order valence-corrected chi connectivity index (χ4v) is 6.74. The number of benzene rings is 2. The first kappa shape index (κ1) is 34.2. The molecule has 2 aromatic carbocycles. The van der Waals surface area contributed by atoms with Gasteiger partial charge in [0.15, 0.2) is 5.65 Å². The van der Waals surface area contributed by atoms with Gasteiger partial charge in [-0.15, -0.1) is 0 Å². The summed E-state index contributed by atoms with van der Waals surface area (Å²) in [5.74, 6) is 1.57. The van der Waals surface area contributed by atoms with Crippen LogP contribution in [-0.2, 0) is 11.3 Å². The molecular weight excluding hydrogens is 670 g/mol. The Balaban J connectivity index is 1.11. The minimum absolute atomic E-state index is 0.238. The molecule has 2 aliphatic heterocycles. The molecule has 1 amide bonds. The number of rotatable bonds is 9. The number of halogens is 1. The third-order valence-electron chi connectivity index (χ3n) is 9.34. The number of nitrogens with one attached hydrogen (secondary N) is 1. The summed E-state index contributed by atoms with van der Waals surface area (Å²) in [7, 11) is 1.64. The smallest absolute Gasteiger partial charge is 0.410 e. The summed E-state index contributed by atoms with van der Waals surface area (Å²) >= 11 is 7.08. The van der Waals surface area contributed by atoms with Crippen molar-refractivity contribution in [2.75, 3.05) is 61.5 Å². The monoisotopic (exact) mass is 709 g/mol. The Morgan fingerprint density at radius 3 is 2.41 bits per heavy atom. The normalized spacial score (nSPS) is 16.7. The molecule has 4 aromatic rings. The van der Waals surface area contributed by atoms with Gasteiger partial charge >= 0.3 is 6.09 Å². The predicted molar refractivity (Wildman–Crippen MR) is 193 cm³/mol. The van der Waals surface area contributed by atoms with Gasteiger partial charge in [0.05, 0.1) is 41.3 Å². The van der Waals surface area contributed by atoms with Crippen LogP contribution in [0.5, 0.6) is 5.75 Å². The van der Waals surface area contributed by atoms with Gasteiger partial charge in [-0.3, -0.25) is 4.90 Å². The van der Waals surface area contributed by atoms with Crippen LogP contribution in [0.25, 0.3) is 5.65 Å². The van der Waals surface area contributed by atoms with Gasteiger partial charge in [-0.05, 0) is 63.4 Å². The average Bonchev–Trinajstić information content (AvgIpc) is 3.85. The minimum Gasteiger partial charge on any atom is -0.497 e. The van der Waals surface area contributed by atoms with Gasteiger partial charge in [0.25, 0.3) is 0 Å². The third kappa shape index (κ3) is 7.29. The van der Waals surface area contributed by atoms with E-state index in [1.165, 1.54) is 6.20 Å². The van der Waals surface area contributed by atoms with Crippen molar-refractivity contribution in [2.24, 2.45) is 0 Å². The van der Waals surface area contributed by atoms with E-state index < -0.39 is 5.60 Å². The molecule has 2 saturated heterocycles. The molecule has 0 atom stereocenters. The summed E-state index contributed by atoms with van der Waals surface area (Å²) < 4.78 is 12.5. The number of nitrogens with zero attached hydrogens (tertiary/aromatic N) is 10. The van der Waals surface area contributed by atoms with E-state index in [-0.39, 0.29) is 24.1 Å². The number of hydrogen-bond acceptors (Lipinski definition) is 12. The van der Waals surface area contributed by atoms with Gasteiger partial charge in [-0.25, -0.2) is 4.79 Å². The van der Waals surface area contributed by atoms with Gasteiger partial charge in [0.1, 0.15) is 23.0 Å². The maximum absolute atomic E-state index is 12.4. The number of carbonyl (C=O) groups excluding carboxylic acids is 1. The highest BCUT2D eigenvalue weighted by Crippen LogP contribution is 2.38. The molecule has 0 unspecified atom stereocenters. The van der Waals surface area contributed by atoms with Gasteiger partial charge in [0.2, 0.25) is 11.9 Å². The largest absolute Gasteiger partial charge is 0.497 e. The maximum atomic E-state index is 12.4. The van der Waals surface area contributed by atoms with Crippen molar-refractivity contribution in [1.29, 1.82) is 10.5 Å². The van der Waals surface area contributed by atoms with Gasteiger partial charge in [0, 0.05) is 57.9 Å². The van der Waals surface area contributed by atoms with Crippen molar-refractivity contribution in [3.8, 4) is 17.9 Å². The van der Waals surface area contributed by atoms with Crippen LogP contribution >= 0.6 is 11.6 Å². The minimum atomic E-state index is -0.520. The zero-order valence-corrected chi connectivity index (χ0v) is 29.9. The van der Waals surface area contributed by atoms with Crippen molar-refractivity contribution >= 4 is 46.6 Å². The molecule has 264 valence electrons. The summed E-state index contributed by atoms with van der Waals surface area (Å²) in [5.41, 5.74) is 2.91. The van der Waals surface area contributed by atoms with Crippen LogP contribution in [0.1, 0.15) is 50.3 Å². The number of ether oxygens (including phenoxy) is 2. The molecule has 3 fully saturated rings. The van der Waals surface area contributed by atoms with Crippen molar-refractivity contribution in [3.63, 3.8) is 0 Å². The summed E-state index contributed by atoms with van der Waals surface area (Å²) in [6, 6.07) is 16.4. The SMILES string of the molecule is COc1ccc(CN(c2nc(Nc3cc(C#N)cc(N4CCN(C5CN(C(=O)OC(C)(C)C)C5)CC4)c3Cl)nc3c(C#N)cnn23)C2CC2)cc1. The molecule has 0 bridgehead atoms. The Bertz CT molecular complexity index is 2010. The number of likely N-dealkylation sites (tertiary alicyclic amines) is 1. The summed E-state index contributed by atoms with van der Waals surface area (Å²) in [6.07, 6.45) is 3.23. The molecule has 15 heteroatoms. The van der Waals surface area contributed by atoms with E-state index in [1.54, 1.807) is 28.7 Å². The number of nitriles is 2. The molecule has 3 aliphatic rings. The predicted octanol–water partition coefficient (Wildman–Crippen LogP) is 5.18. The van der Waals surface area contributed by atoms with E-state index in [0.717, 1.165) is 42.9 Å². The van der Waals surface area contributed by atoms with Crippen LogP contribution in [0.15, 0.2) is 42.6 Å². The van der Waals surface area contributed by atoms with Crippen molar-refractivity contribution < 1.29 is 14.3 Å². The first-order valence-electron chi connectivity index (χ1n) is 17.1. The van der Waals surface area contributed by atoms with Crippen LogP contribution in [0, 0.1) is 22.7 Å². The highest BCUT2D eigenvalue weighted by molar-refractivity contribution is 6.36. The fourth-order valence-electron chi connectivity index (χ4n) is 6.47. The molecule has 1 aliphatic carbocycles. The number of fused-ring (bicyclic) bond motifs is 1. The number of piperazine rings is 1. The number of anilines is 4. The average molecular weight is 710 g/mol. The quantitative estimate of drug-likeness (QED) is 0.244. The molecule has 1 saturated carbocycles. The highest BCUT2D eigenvalue weighted by Gasteiger charge is 2.38. The van der Waals surface area contributed by atoms with Crippen LogP contribution in [-0.4, -0.2) is 99.5 Å². The first-order valence-corrected chi connectivity index (χ1v) is 17.4. The molecule has 0 spiro atoms.